The molecule has 0 unspecified atom stereocenters. The highest BCUT2D eigenvalue weighted by Gasteiger charge is 2.13. The maximum atomic E-state index is 4.11. The summed E-state index contributed by atoms with van der Waals surface area (Å²) in [6.07, 6.45) is 20.2. The van der Waals surface area contributed by atoms with E-state index < -0.39 is 0 Å². The molecule has 0 aliphatic carbocycles. The van der Waals surface area contributed by atoms with E-state index >= 15 is 0 Å². The topological polar surface area (TPSA) is 12.0 Å². The van der Waals surface area contributed by atoms with Gasteiger partial charge in [-0.05, 0) is 90.4 Å². The molecule has 0 amide bonds. The van der Waals surface area contributed by atoms with E-state index in [1.807, 2.05) is 6.92 Å². The Morgan fingerprint density at radius 1 is 1.06 bits per heavy atom. The Balaban J connectivity index is 2.27. The summed E-state index contributed by atoms with van der Waals surface area (Å²) in [5.74, 6) is 0. The molecule has 0 aromatic heterocycles. The highest BCUT2D eigenvalue weighted by Crippen LogP contribution is 2.35. The van der Waals surface area contributed by atoms with E-state index in [4.69, 9.17) is 0 Å². The molecular weight excluding hydrogens is 398 g/mol. The van der Waals surface area contributed by atoms with E-state index in [-0.39, 0.29) is 0 Å². The molecule has 0 saturated heterocycles. The summed E-state index contributed by atoms with van der Waals surface area (Å²) >= 11 is 0. The van der Waals surface area contributed by atoms with Crippen molar-refractivity contribution in [3.63, 3.8) is 0 Å². The van der Waals surface area contributed by atoms with Crippen molar-refractivity contribution < 1.29 is 0 Å². The first-order chi connectivity index (χ1) is 16.1. The Bertz CT molecular complexity index is 1180. The number of hydrogen-bond acceptors (Lipinski definition) is 1. The van der Waals surface area contributed by atoms with E-state index in [1.165, 1.54) is 39.0 Å². The first-order valence-electron chi connectivity index (χ1n) is 11.8. The lowest BCUT2D eigenvalue weighted by Gasteiger charge is -2.18. The molecule has 1 heteroatoms. The third-order valence-corrected chi connectivity index (χ3v) is 5.59. The molecule has 0 saturated carbocycles. The average molecular weight is 434 g/mol. The summed E-state index contributed by atoms with van der Waals surface area (Å²) in [4.78, 5) is 0. The van der Waals surface area contributed by atoms with Crippen LogP contribution in [0.3, 0.4) is 0 Å². The van der Waals surface area contributed by atoms with Crippen molar-refractivity contribution >= 4 is 16.8 Å². The maximum absolute atomic E-state index is 4.11. The summed E-state index contributed by atoms with van der Waals surface area (Å²) in [5.41, 5.74) is 10.8. The zero-order chi connectivity index (χ0) is 23.6. The van der Waals surface area contributed by atoms with Crippen LogP contribution < -0.4 is 5.32 Å². The third-order valence-electron chi connectivity index (χ3n) is 5.59. The number of allylic oxidation sites excluding steroid dienone is 11. The lowest BCUT2D eigenvalue weighted by Crippen LogP contribution is -2.14. The lowest BCUT2D eigenvalue weighted by molar-refractivity contribution is 0.995. The van der Waals surface area contributed by atoms with Crippen LogP contribution in [0.15, 0.2) is 109 Å². The van der Waals surface area contributed by atoms with Crippen LogP contribution in [-0.4, -0.2) is 6.54 Å². The molecule has 1 N–H and O–H groups in total. The smallest absolute Gasteiger partial charge is 0.0416 e. The fourth-order valence-corrected chi connectivity index (χ4v) is 4.06. The zero-order valence-electron chi connectivity index (χ0n) is 20.4. The van der Waals surface area contributed by atoms with E-state index in [0.29, 0.717) is 0 Å². The number of benzene rings is 2. The summed E-state index contributed by atoms with van der Waals surface area (Å²) < 4.78 is 0. The van der Waals surface area contributed by atoms with Gasteiger partial charge >= 0.3 is 0 Å². The van der Waals surface area contributed by atoms with Gasteiger partial charge in [0.1, 0.15) is 0 Å². The highest BCUT2D eigenvalue weighted by molar-refractivity contribution is 5.89. The molecule has 1 aliphatic rings. The summed E-state index contributed by atoms with van der Waals surface area (Å²) in [6.45, 7) is 13.3. The molecule has 33 heavy (non-hydrogen) atoms. The van der Waals surface area contributed by atoms with Crippen LogP contribution >= 0.6 is 0 Å². The third kappa shape index (κ3) is 6.23. The van der Waals surface area contributed by atoms with Crippen LogP contribution in [0.4, 0.5) is 0 Å². The second kappa shape index (κ2) is 11.9. The molecule has 0 fully saturated rings. The molecule has 1 nitrogen and oxygen atoms in total. The number of rotatable bonds is 8. The standard InChI is InChI=1S/C32H35N/c1-6-9-15-25(8-3)27-21-28(23-29(22-27)32-18-12-13-19-33-32)31-17-11-10-16-30(31)26(14-7-2)20-24(4)5/h6-7,9-18,20-23,33H,4,8,19H2,1-3,5H3/b9-6-,14-7-,25-15+,26-20+. The molecule has 2 aromatic carbocycles. The number of dihydropyridines is 1. The first-order valence-corrected chi connectivity index (χ1v) is 11.8. The molecule has 2 aromatic rings. The Hall–Kier alpha value is -3.58. The quantitative estimate of drug-likeness (QED) is 0.410. The predicted molar refractivity (Wildman–Crippen MR) is 148 cm³/mol. The first kappa shape index (κ1) is 24.1. The lowest BCUT2D eigenvalue weighted by atomic mass is 9.89. The normalized spacial score (nSPS) is 14.6. The molecular formula is C32H35N. The van der Waals surface area contributed by atoms with Crippen molar-refractivity contribution in [2.75, 3.05) is 6.54 Å². The van der Waals surface area contributed by atoms with Gasteiger partial charge in [-0.3, -0.25) is 0 Å². The Kier molecular flexibility index (Phi) is 8.66. The van der Waals surface area contributed by atoms with Crippen molar-refractivity contribution in [1.82, 2.24) is 5.32 Å². The van der Waals surface area contributed by atoms with Crippen molar-refractivity contribution in [2.45, 2.75) is 34.1 Å². The minimum Gasteiger partial charge on any atom is -0.381 e. The van der Waals surface area contributed by atoms with Gasteiger partial charge in [0.05, 0.1) is 0 Å². The second-order valence-corrected chi connectivity index (χ2v) is 8.25. The molecule has 0 radical (unpaired) electrons. The fraction of sp³-hybridized carbons (Fsp3) is 0.188. The van der Waals surface area contributed by atoms with Crippen LogP contribution in [0.5, 0.6) is 0 Å². The van der Waals surface area contributed by atoms with Gasteiger partial charge in [-0.15, -0.1) is 0 Å². The molecule has 0 atom stereocenters. The van der Waals surface area contributed by atoms with Crippen molar-refractivity contribution in [1.29, 1.82) is 0 Å². The molecule has 168 valence electrons. The Labute approximate surface area is 200 Å². The fourth-order valence-electron chi connectivity index (χ4n) is 4.06. The largest absolute Gasteiger partial charge is 0.381 e. The summed E-state index contributed by atoms with van der Waals surface area (Å²) in [6, 6.07) is 15.6. The van der Waals surface area contributed by atoms with E-state index in [2.05, 4.69) is 130 Å². The van der Waals surface area contributed by atoms with Crippen molar-refractivity contribution in [3.8, 4) is 11.1 Å². The molecule has 0 spiro atoms. The van der Waals surface area contributed by atoms with Crippen LogP contribution in [0.2, 0.25) is 0 Å². The minimum atomic E-state index is 0.851. The predicted octanol–water partition coefficient (Wildman–Crippen LogP) is 8.76. The van der Waals surface area contributed by atoms with Crippen LogP contribution in [0.25, 0.3) is 28.0 Å². The van der Waals surface area contributed by atoms with E-state index in [1.54, 1.807) is 0 Å². The van der Waals surface area contributed by atoms with Crippen LogP contribution in [-0.2, 0) is 0 Å². The minimum absolute atomic E-state index is 0.851. The molecule has 0 bridgehead atoms. The molecule has 3 rings (SSSR count). The maximum Gasteiger partial charge on any atom is 0.0416 e. The van der Waals surface area contributed by atoms with Gasteiger partial charge in [0.25, 0.3) is 0 Å². The van der Waals surface area contributed by atoms with Crippen molar-refractivity contribution in [3.05, 3.63) is 126 Å². The van der Waals surface area contributed by atoms with Gasteiger partial charge in [-0.2, -0.15) is 0 Å². The van der Waals surface area contributed by atoms with Gasteiger partial charge in [0.15, 0.2) is 0 Å². The SMILES string of the molecule is C=C(C)/C=C(\C=C/C)c1ccccc1-c1cc(C2=CC=CCN2)cc(/C(=C/C=C\C)CC)c1. The zero-order valence-corrected chi connectivity index (χ0v) is 20.4. The summed E-state index contributed by atoms with van der Waals surface area (Å²) in [5, 5.41) is 3.53. The van der Waals surface area contributed by atoms with E-state index in [9.17, 15) is 0 Å². The van der Waals surface area contributed by atoms with Gasteiger partial charge in [0.2, 0.25) is 0 Å². The molecule has 1 aliphatic heterocycles. The number of nitrogens with one attached hydrogen (secondary N) is 1. The second-order valence-electron chi connectivity index (χ2n) is 8.25. The van der Waals surface area contributed by atoms with Crippen LogP contribution in [0, 0.1) is 0 Å². The van der Waals surface area contributed by atoms with Gasteiger partial charge in [-0.25, -0.2) is 0 Å². The van der Waals surface area contributed by atoms with Gasteiger partial charge in [-0.1, -0.05) is 91.9 Å². The Morgan fingerprint density at radius 3 is 2.52 bits per heavy atom. The van der Waals surface area contributed by atoms with Gasteiger partial charge in [0, 0.05) is 12.2 Å². The van der Waals surface area contributed by atoms with Crippen molar-refractivity contribution in [2.24, 2.45) is 0 Å². The van der Waals surface area contributed by atoms with Crippen LogP contribution in [0.1, 0.15) is 50.8 Å². The number of hydrogen-bond donors (Lipinski definition) is 1. The summed E-state index contributed by atoms with van der Waals surface area (Å²) in [7, 11) is 0. The molecule has 1 heterocycles. The Morgan fingerprint density at radius 2 is 1.85 bits per heavy atom. The highest BCUT2D eigenvalue weighted by atomic mass is 14.9. The monoisotopic (exact) mass is 433 g/mol. The van der Waals surface area contributed by atoms with Gasteiger partial charge < -0.3 is 5.32 Å². The van der Waals surface area contributed by atoms with E-state index in [0.717, 1.165) is 24.2 Å². The average Bonchev–Trinajstić information content (AvgIpc) is 2.84.